The molecule has 0 saturated carbocycles. The Morgan fingerprint density at radius 1 is 1.29 bits per heavy atom. The van der Waals surface area contributed by atoms with E-state index in [1.54, 1.807) is 37.1 Å². The first-order valence-electron chi connectivity index (χ1n) is 6.51. The molecule has 2 aromatic heterocycles. The van der Waals surface area contributed by atoms with Gasteiger partial charge in [-0.05, 0) is 22.0 Å². The van der Waals surface area contributed by atoms with Crippen molar-refractivity contribution in [2.75, 3.05) is 14.1 Å². The Morgan fingerprint density at radius 2 is 1.95 bits per heavy atom. The van der Waals surface area contributed by atoms with Crippen LogP contribution in [-0.2, 0) is 5.41 Å². The third kappa shape index (κ3) is 3.47. The van der Waals surface area contributed by atoms with Gasteiger partial charge in [0.05, 0.1) is 0 Å². The van der Waals surface area contributed by atoms with Gasteiger partial charge in [-0.2, -0.15) is 5.10 Å². The van der Waals surface area contributed by atoms with E-state index in [-0.39, 0.29) is 11.3 Å². The first-order chi connectivity index (χ1) is 9.68. The van der Waals surface area contributed by atoms with Crippen molar-refractivity contribution in [3.63, 3.8) is 0 Å². The summed E-state index contributed by atoms with van der Waals surface area (Å²) in [6, 6.07) is 3.45. The maximum absolute atomic E-state index is 11.9. The summed E-state index contributed by atoms with van der Waals surface area (Å²) < 4.78 is 2.27. The van der Waals surface area contributed by atoms with Crippen LogP contribution in [-0.4, -0.2) is 44.7 Å². The standard InChI is InChI=1S/C14H18BrN5O/c1-14(2,3)13-16-10(15)8-11(17-13)20-7-6-9(18-20)12(21)19(4)5/h6-8H,1-5H3. The molecule has 2 rings (SSSR count). The number of rotatable bonds is 2. The van der Waals surface area contributed by atoms with Crippen LogP contribution in [0.3, 0.4) is 0 Å². The van der Waals surface area contributed by atoms with Gasteiger partial charge in [0.1, 0.15) is 10.4 Å². The van der Waals surface area contributed by atoms with Crippen molar-refractivity contribution >= 4 is 21.8 Å². The molecule has 0 aliphatic carbocycles. The lowest BCUT2D eigenvalue weighted by Gasteiger charge is -2.17. The summed E-state index contributed by atoms with van der Waals surface area (Å²) in [5.41, 5.74) is 0.209. The number of halogens is 1. The van der Waals surface area contributed by atoms with Crippen LogP contribution in [0.25, 0.3) is 5.82 Å². The predicted molar refractivity (Wildman–Crippen MR) is 83.6 cm³/mol. The normalized spacial score (nSPS) is 11.5. The Hall–Kier alpha value is -1.76. The molecule has 112 valence electrons. The number of carbonyl (C=O) groups is 1. The van der Waals surface area contributed by atoms with E-state index in [1.807, 2.05) is 20.8 Å². The molecule has 0 bridgehead atoms. The van der Waals surface area contributed by atoms with Crippen molar-refractivity contribution in [1.82, 2.24) is 24.6 Å². The summed E-state index contributed by atoms with van der Waals surface area (Å²) in [5.74, 6) is 1.19. The molecule has 1 amide bonds. The maximum Gasteiger partial charge on any atom is 0.273 e. The number of nitrogens with zero attached hydrogens (tertiary/aromatic N) is 5. The lowest BCUT2D eigenvalue weighted by molar-refractivity contribution is 0.0821. The van der Waals surface area contributed by atoms with Gasteiger partial charge in [0.15, 0.2) is 11.5 Å². The second kappa shape index (κ2) is 5.55. The van der Waals surface area contributed by atoms with Gasteiger partial charge >= 0.3 is 0 Å². The molecule has 0 aromatic carbocycles. The lowest BCUT2D eigenvalue weighted by atomic mass is 9.96. The fraction of sp³-hybridized carbons (Fsp3) is 0.429. The highest BCUT2D eigenvalue weighted by Crippen LogP contribution is 2.22. The SMILES string of the molecule is CN(C)C(=O)c1ccn(-c2cc(Br)nc(C(C)(C)C)n2)n1. The van der Waals surface area contributed by atoms with Gasteiger partial charge < -0.3 is 4.90 Å². The van der Waals surface area contributed by atoms with Crippen molar-refractivity contribution in [3.05, 3.63) is 34.5 Å². The molecule has 0 aliphatic heterocycles. The lowest BCUT2D eigenvalue weighted by Crippen LogP contribution is -2.22. The van der Waals surface area contributed by atoms with E-state index in [0.717, 1.165) is 0 Å². The minimum Gasteiger partial charge on any atom is -0.343 e. The van der Waals surface area contributed by atoms with Crippen LogP contribution < -0.4 is 0 Å². The predicted octanol–water partition coefficient (Wildman–Crippen LogP) is 2.42. The van der Waals surface area contributed by atoms with E-state index in [0.29, 0.717) is 21.9 Å². The van der Waals surface area contributed by atoms with Gasteiger partial charge in [0.25, 0.3) is 5.91 Å². The monoisotopic (exact) mass is 351 g/mol. The molecule has 0 unspecified atom stereocenters. The summed E-state index contributed by atoms with van der Waals surface area (Å²) in [4.78, 5) is 22.3. The third-order valence-electron chi connectivity index (χ3n) is 2.80. The highest BCUT2D eigenvalue weighted by molar-refractivity contribution is 9.10. The fourth-order valence-electron chi connectivity index (χ4n) is 1.65. The minimum atomic E-state index is -0.173. The van der Waals surface area contributed by atoms with Crippen molar-refractivity contribution in [2.24, 2.45) is 0 Å². The zero-order valence-corrected chi connectivity index (χ0v) is 14.3. The topological polar surface area (TPSA) is 63.9 Å². The Kier molecular flexibility index (Phi) is 4.13. The number of hydrogen-bond acceptors (Lipinski definition) is 4. The van der Waals surface area contributed by atoms with Crippen molar-refractivity contribution in [3.8, 4) is 5.82 Å². The molecule has 6 nitrogen and oxygen atoms in total. The minimum absolute atomic E-state index is 0.141. The van der Waals surface area contributed by atoms with E-state index < -0.39 is 0 Å². The molecule has 0 spiro atoms. The van der Waals surface area contributed by atoms with Gasteiger partial charge in [-0.1, -0.05) is 20.8 Å². The van der Waals surface area contributed by atoms with Gasteiger partial charge in [-0.15, -0.1) is 0 Å². The Morgan fingerprint density at radius 3 is 2.52 bits per heavy atom. The first kappa shape index (κ1) is 15.6. The smallest absolute Gasteiger partial charge is 0.273 e. The van der Waals surface area contributed by atoms with Crippen LogP contribution in [0.4, 0.5) is 0 Å². The molecule has 0 atom stereocenters. The van der Waals surface area contributed by atoms with Crippen LogP contribution in [0.1, 0.15) is 37.1 Å². The average molecular weight is 352 g/mol. The van der Waals surface area contributed by atoms with Gasteiger partial charge in [-0.3, -0.25) is 4.79 Å². The average Bonchev–Trinajstić information content (AvgIpc) is 2.85. The number of aromatic nitrogens is 4. The number of hydrogen-bond donors (Lipinski definition) is 0. The van der Waals surface area contributed by atoms with Gasteiger partial charge in [-0.25, -0.2) is 14.6 Å². The van der Waals surface area contributed by atoms with E-state index >= 15 is 0 Å². The molecule has 0 radical (unpaired) electrons. The second-order valence-corrected chi connectivity index (χ2v) is 6.78. The van der Waals surface area contributed by atoms with Crippen molar-refractivity contribution in [2.45, 2.75) is 26.2 Å². The van der Waals surface area contributed by atoms with Crippen molar-refractivity contribution in [1.29, 1.82) is 0 Å². The van der Waals surface area contributed by atoms with Crippen LogP contribution >= 0.6 is 15.9 Å². The van der Waals surface area contributed by atoms with Crippen LogP contribution in [0.5, 0.6) is 0 Å². The van der Waals surface area contributed by atoms with Crippen molar-refractivity contribution < 1.29 is 4.79 Å². The zero-order chi connectivity index (χ0) is 15.8. The molecule has 2 heterocycles. The maximum atomic E-state index is 11.9. The number of amides is 1. The highest BCUT2D eigenvalue weighted by Gasteiger charge is 2.20. The molecule has 0 fully saturated rings. The highest BCUT2D eigenvalue weighted by atomic mass is 79.9. The summed E-state index contributed by atoms with van der Waals surface area (Å²) in [6.07, 6.45) is 1.72. The molecule has 7 heteroatoms. The van der Waals surface area contributed by atoms with E-state index in [2.05, 4.69) is 31.0 Å². The molecular weight excluding hydrogens is 334 g/mol. The Balaban J connectivity index is 2.43. The molecule has 2 aromatic rings. The quantitative estimate of drug-likeness (QED) is 0.779. The molecule has 0 saturated heterocycles. The van der Waals surface area contributed by atoms with Gasteiger partial charge in [0, 0.05) is 31.8 Å². The van der Waals surface area contributed by atoms with Crippen LogP contribution in [0.2, 0.25) is 0 Å². The summed E-state index contributed by atoms with van der Waals surface area (Å²) >= 11 is 3.39. The summed E-state index contributed by atoms with van der Waals surface area (Å²) in [7, 11) is 3.39. The largest absolute Gasteiger partial charge is 0.343 e. The van der Waals surface area contributed by atoms with E-state index in [9.17, 15) is 4.79 Å². The molecule has 21 heavy (non-hydrogen) atoms. The number of carbonyl (C=O) groups excluding carboxylic acids is 1. The third-order valence-corrected chi connectivity index (χ3v) is 3.21. The van der Waals surface area contributed by atoms with Gasteiger partial charge in [0.2, 0.25) is 0 Å². The van der Waals surface area contributed by atoms with Crippen LogP contribution in [0, 0.1) is 0 Å². The first-order valence-corrected chi connectivity index (χ1v) is 7.30. The van der Waals surface area contributed by atoms with E-state index in [4.69, 9.17) is 0 Å². The fourth-order valence-corrected chi connectivity index (χ4v) is 2.03. The molecular formula is C14H18BrN5O. The molecule has 0 aliphatic rings. The van der Waals surface area contributed by atoms with E-state index in [1.165, 1.54) is 4.90 Å². The second-order valence-electron chi connectivity index (χ2n) is 5.97. The molecule has 0 N–H and O–H groups in total. The van der Waals surface area contributed by atoms with Crippen LogP contribution in [0.15, 0.2) is 22.9 Å². The summed E-state index contributed by atoms with van der Waals surface area (Å²) in [6.45, 7) is 6.13. The Bertz CT molecular complexity index is 672. The summed E-state index contributed by atoms with van der Waals surface area (Å²) in [5, 5.41) is 4.28. The Labute approximate surface area is 132 Å². The zero-order valence-electron chi connectivity index (χ0n) is 12.8.